The Morgan fingerprint density at radius 1 is 0.958 bits per heavy atom. The van der Waals surface area contributed by atoms with E-state index in [9.17, 15) is 8.42 Å². The minimum Gasteiger partial charge on any atom is -0.493 e. The summed E-state index contributed by atoms with van der Waals surface area (Å²) < 4.78 is 37.9. The Balaban J connectivity index is 1.95. The van der Waals surface area contributed by atoms with Crippen LogP contribution in [0, 0.1) is 0 Å². The van der Waals surface area contributed by atoms with Gasteiger partial charge in [-0.2, -0.15) is 0 Å². The summed E-state index contributed by atoms with van der Waals surface area (Å²) in [5.41, 5.74) is 1.19. The van der Waals surface area contributed by atoms with Gasteiger partial charge in [0, 0.05) is 11.5 Å². The summed E-state index contributed by atoms with van der Waals surface area (Å²) in [5, 5.41) is 0.852. The molecule has 3 aromatic rings. The van der Waals surface area contributed by atoms with Gasteiger partial charge in [-0.25, -0.2) is 8.42 Å². The molecule has 0 fully saturated rings. The third-order valence-corrected chi connectivity index (χ3v) is 4.89. The highest BCUT2D eigenvalue weighted by Gasteiger charge is 2.17. The number of para-hydroxylation sites is 1. The van der Waals surface area contributed by atoms with E-state index in [2.05, 4.69) is 9.71 Å². The Morgan fingerprint density at radius 3 is 2.46 bits per heavy atom. The summed E-state index contributed by atoms with van der Waals surface area (Å²) in [5.74, 6) is 0.806. The number of ether oxygens (including phenoxy) is 2. The average molecular weight is 344 g/mol. The molecular weight excluding hydrogens is 328 g/mol. The smallest absolute Gasteiger partial charge is 0.262 e. The van der Waals surface area contributed by atoms with Gasteiger partial charge in [-0.1, -0.05) is 18.2 Å². The van der Waals surface area contributed by atoms with Gasteiger partial charge in [-0.05, 0) is 24.3 Å². The van der Waals surface area contributed by atoms with Gasteiger partial charge in [0.1, 0.15) is 0 Å². The Hall–Kier alpha value is -2.80. The fraction of sp³-hybridized carbons (Fsp3) is 0.118. The Morgan fingerprint density at radius 2 is 1.71 bits per heavy atom. The van der Waals surface area contributed by atoms with Gasteiger partial charge in [0.25, 0.3) is 10.0 Å². The number of hydrogen-bond acceptors (Lipinski definition) is 5. The molecule has 0 saturated carbocycles. The van der Waals surface area contributed by atoms with Crippen LogP contribution in [0.25, 0.3) is 10.9 Å². The standard InChI is InChI=1S/C17H16N2O4S/c1-22-16-8-7-14(10-17(16)23-2)24(20,21)19-13-9-12-5-3-4-6-15(12)18-11-13/h3-11,19H,1-2H3. The number of nitrogens with one attached hydrogen (secondary N) is 1. The molecule has 0 bridgehead atoms. The molecular formula is C17H16N2O4S. The van der Waals surface area contributed by atoms with Gasteiger partial charge in [0.2, 0.25) is 0 Å². The summed E-state index contributed by atoms with van der Waals surface area (Å²) in [6.45, 7) is 0. The number of methoxy groups -OCH3 is 2. The summed E-state index contributed by atoms with van der Waals surface area (Å²) in [6.07, 6.45) is 1.49. The molecule has 0 unspecified atom stereocenters. The van der Waals surface area contributed by atoms with Crippen LogP contribution in [0.2, 0.25) is 0 Å². The molecule has 0 saturated heterocycles. The van der Waals surface area contributed by atoms with Gasteiger partial charge < -0.3 is 9.47 Å². The van der Waals surface area contributed by atoms with Crippen molar-refractivity contribution in [2.45, 2.75) is 4.90 Å². The molecule has 24 heavy (non-hydrogen) atoms. The second-order valence-electron chi connectivity index (χ2n) is 5.04. The quantitative estimate of drug-likeness (QED) is 0.770. The van der Waals surface area contributed by atoms with Crippen LogP contribution >= 0.6 is 0 Å². The first-order valence-electron chi connectivity index (χ1n) is 7.13. The predicted octanol–water partition coefficient (Wildman–Crippen LogP) is 3.05. The maximum Gasteiger partial charge on any atom is 0.262 e. The largest absolute Gasteiger partial charge is 0.493 e. The SMILES string of the molecule is COc1ccc(S(=O)(=O)Nc2cnc3ccccc3c2)cc1OC. The van der Waals surface area contributed by atoms with Crippen molar-refractivity contribution in [1.82, 2.24) is 4.98 Å². The van der Waals surface area contributed by atoms with E-state index in [1.807, 2.05) is 24.3 Å². The van der Waals surface area contributed by atoms with Crippen LogP contribution in [-0.4, -0.2) is 27.6 Å². The van der Waals surface area contributed by atoms with Crippen LogP contribution in [0.4, 0.5) is 5.69 Å². The van der Waals surface area contributed by atoms with Gasteiger partial charge in [0.15, 0.2) is 11.5 Å². The first-order chi connectivity index (χ1) is 11.5. The number of fused-ring (bicyclic) bond motifs is 1. The monoisotopic (exact) mass is 344 g/mol. The normalized spacial score (nSPS) is 11.2. The minimum absolute atomic E-state index is 0.0771. The molecule has 0 aliphatic carbocycles. The number of benzene rings is 2. The Kier molecular flexibility index (Phi) is 4.26. The molecule has 3 rings (SSSR count). The number of nitrogens with zero attached hydrogens (tertiary/aromatic N) is 1. The molecule has 0 amide bonds. The third kappa shape index (κ3) is 3.11. The van der Waals surface area contributed by atoms with Crippen LogP contribution in [0.15, 0.2) is 59.6 Å². The fourth-order valence-electron chi connectivity index (χ4n) is 2.32. The highest BCUT2D eigenvalue weighted by Crippen LogP contribution is 2.30. The molecule has 124 valence electrons. The second kappa shape index (κ2) is 6.37. The summed E-state index contributed by atoms with van der Waals surface area (Å²) in [6, 6.07) is 13.6. The lowest BCUT2D eigenvalue weighted by Gasteiger charge is -2.12. The highest BCUT2D eigenvalue weighted by molar-refractivity contribution is 7.92. The van der Waals surface area contributed by atoms with Crippen LogP contribution in [0.1, 0.15) is 0 Å². The molecule has 6 nitrogen and oxygen atoms in total. The van der Waals surface area contributed by atoms with Crippen molar-refractivity contribution in [2.75, 3.05) is 18.9 Å². The van der Waals surface area contributed by atoms with Gasteiger partial charge in [-0.3, -0.25) is 9.71 Å². The molecule has 7 heteroatoms. The van der Waals surface area contributed by atoms with Crippen LogP contribution in [0.5, 0.6) is 11.5 Å². The lowest BCUT2D eigenvalue weighted by molar-refractivity contribution is 0.354. The number of pyridine rings is 1. The zero-order chi connectivity index (χ0) is 17.2. The second-order valence-corrected chi connectivity index (χ2v) is 6.72. The van der Waals surface area contributed by atoms with Crippen molar-refractivity contribution in [2.24, 2.45) is 0 Å². The average Bonchev–Trinajstić information content (AvgIpc) is 2.60. The van der Waals surface area contributed by atoms with Crippen LogP contribution in [0.3, 0.4) is 0 Å². The molecule has 0 aliphatic heterocycles. The highest BCUT2D eigenvalue weighted by atomic mass is 32.2. The van der Waals surface area contributed by atoms with E-state index in [4.69, 9.17) is 9.47 Å². The van der Waals surface area contributed by atoms with Gasteiger partial charge in [0.05, 0.1) is 36.5 Å². The number of anilines is 1. The maximum absolute atomic E-state index is 12.6. The predicted molar refractivity (Wildman–Crippen MR) is 92.1 cm³/mol. The summed E-state index contributed by atoms with van der Waals surface area (Å²) in [4.78, 5) is 4.33. The molecule has 2 aromatic carbocycles. The first kappa shape index (κ1) is 16.1. The number of sulfonamides is 1. The molecule has 1 N–H and O–H groups in total. The van der Waals surface area contributed by atoms with Crippen LogP contribution in [-0.2, 0) is 10.0 Å². The molecule has 0 spiro atoms. The van der Waals surface area contributed by atoms with E-state index in [0.717, 1.165) is 10.9 Å². The molecule has 0 radical (unpaired) electrons. The van der Waals surface area contributed by atoms with E-state index in [0.29, 0.717) is 17.2 Å². The number of rotatable bonds is 5. The molecule has 0 atom stereocenters. The van der Waals surface area contributed by atoms with E-state index < -0.39 is 10.0 Å². The Labute approximate surface area is 140 Å². The first-order valence-corrected chi connectivity index (χ1v) is 8.61. The zero-order valence-electron chi connectivity index (χ0n) is 13.2. The maximum atomic E-state index is 12.6. The van der Waals surface area contributed by atoms with Crippen molar-refractivity contribution in [1.29, 1.82) is 0 Å². The van der Waals surface area contributed by atoms with Gasteiger partial charge in [-0.15, -0.1) is 0 Å². The summed E-state index contributed by atoms with van der Waals surface area (Å²) in [7, 11) is -0.821. The molecule has 0 aliphatic rings. The minimum atomic E-state index is -3.77. The van der Waals surface area contributed by atoms with Crippen molar-refractivity contribution >= 4 is 26.6 Å². The zero-order valence-corrected chi connectivity index (χ0v) is 14.0. The lowest BCUT2D eigenvalue weighted by Crippen LogP contribution is -2.13. The fourth-order valence-corrected chi connectivity index (χ4v) is 3.37. The van der Waals surface area contributed by atoms with Crippen molar-refractivity contribution < 1.29 is 17.9 Å². The summed E-state index contributed by atoms with van der Waals surface area (Å²) >= 11 is 0. The van der Waals surface area contributed by atoms with Crippen molar-refractivity contribution in [3.63, 3.8) is 0 Å². The van der Waals surface area contributed by atoms with Crippen LogP contribution < -0.4 is 14.2 Å². The van der Waals surface area contributed by atoms with E-state index in [-0.39, 0.29) is 4.90 Å². The number of aromatic nitrogens is 1. The van der Waals surface area contributed by atoms with Crippen molar-refractivity contribution in [3.8, 4) is 11.5 Å². The van der Waals surface area contributed by atoms with Gasteiger partial charge >= 0.3 is 0 Å². The Bertz CT molecular complexity index is 987. The molecule has 1 aromatic heterocycles. The van der Waals surface area contributed by atoms with E-state index in [1.165, 1.54) is 32.5 Å². The topological polar surface area (TPSA) is 77.5 Å². The third-order valence-electron chi connectivity index (χ3n) is 3.51. The van der Waals surface area contributed by atoms with E-state index in [1.54, 1.807) is 12.1 Å². The number of hydrogen-bond donors (Lipinski definition) is 1. The van der Waals surface area contributed by atoms with E-state index >= 15 is 0 Å². The van der Waals surface area contributed by atoms with Crippen molar-refractivity contribution in [3.05, 3.63) is 54.7 Å². The molecule has 1 heterocycles. The lowest BCUT2D eigenvalue weighted by atomic mass is 10.2.